The average molecular weight is 334 g/mol. The van der Waals surface area contributed by atoms with Crippen molar-refractivity contribution in [1.82, 2.24) is 4.98 Å². The van der Waals surface area contributed by atoms with Crippen LogP contribution in [0, 0.1) is 0 Å². The summed E-state index contributed by atoms with van der Waals surface area (Å²) in [5, 5.41) is 5.38. The number of hydrogen-bond donors (Lipinski definition) is 1. The summed E-state index contributed by atoms with van der Waals surface area (Å²) in [7, 11) is 1.65. The molecule has 4 rings (SSSR count). The first-order chi connectivity index (χ1) is 11.8. The maximum absolute atomic E-state index is 5.32. The first-order valence-electron chi connectivity index (χ1n) is 7.40. The van der Waals surface area contributed by atoms with Crippen LogP contribution in [0.15, 0.2) is 70.2 Å². The zero-order chi connectivity index (χ0) is 16.4. The molecule has 6 heteroatoms. The molecule has 2 aromatic heterocycles. The van der Waals surface area contributed by atoms with Gasteiger partial charge in [0.25, 0.3) is 0 Å². The molecule has 0 aliphatic carbocycles. The van der Waals surface area contributed by atoms with Gasteiger partial charge in [-0.05, 0) is 35.7 Å². The summed E-state index contributed by atoms with van der Waals surface area (Å²) >= 11 is 1.61. The van der Waals surface area contributed by atoms with E-state index in [0.717, 1.165) is 27.6 Å². The number of pyridine rings is 1. The molecule has 24 heavy (non-hydrogen) atoms. The first-order valence-corrected chi connectivity index (χ1v) is 8.28. The molecule has 0 fully saturated rings. The first kappa shape index (κ1) is 14.6. The largest absolute Gasteiger partial charge is 0.497 e. The second-order valence-corrected chi connectivity index (χ2v) is 6.07. The zero-order valence-corrected chi connectivity index (χ0v) is 13.7. The minimum absolute atomic E-state index is 0.681. The van der Waals surface area contributed by atoms with Crippen molar-refractivity contribution in [3.05, 3.63) is 70.7 Å². The van der Waals surface area contributed by atoms with Crippen LogP contribution in [0.5, 0.6) is 5.75 Å². The van der Waals surface area contributed by atoms with Crippen molar-refractivity contribution in [2.45, 2.75) is 0 Å². The number of amidine groups is 2. The molecule has 0 saturated heterocycles. The Bertz CT molecular complexity index is 917. The smallest absolute Gasteiger partial charge is 0.172 e. The van der Waals surface area contributed by atoms with E-state index in [4.69, 9.17) is 14.7 Å². The summed E-state index contributed by atoms with van der Waals surface area (Å²) in [6.07, 6.45) is 3.52. The third-order valence-electron chi connectivity index (χ3n) is 3.58. The monoisotopic (exact) mass is 334 g/mol. The third-order valence-corrected chi connectivity index (χ3v) is 4.44. The van der Waals surface area contributed by atoms with Gasteiger partial charge in [0.1, 0.15) is 11.6 Å². The normalized spacial score (nSPS) is 13.2. The quantitative estimate of drug-likeness (QED) is 0.784. The van der Waals surface area contributed by atoms with Crippen LogP contribution >= 0.6 is 11.3 Å². The maximum atomic E-state index is 5.32. The van der Waals surface area contributed by atoms with Crippen molar-refractivity contribution in [3.63, 3.8) is 0 Å². The molecule has 1 aliphatic rings. The van der Waals surface area contributed by atoms with Gasteiger partial charge >= 0.3 is 0 Å². The molecular weight excluding hydrogens is 320 g/mol. The molecule has 0 spiro atoms. The number of benzene rings is 1. The van der Waals surface area contributed by atoms with E-state index in [-0.39, 0.29) is 0 Å². The highest BCUT2D eigenvalue weighted by Gasteiger charge is 2.16. The molecule has 1 aromatic carbocycles. The minimum Gasteiger partial charge on any atom is -0.497 e. The molecular formula is C18H14N4OS. The fourth-order valence-corrected chi connectivity index (χ4v) is 3.05. The van der Waals surface area contributed by atoms with Gasteiger partial charge in [0.05, 0.1) is 23.4 Å². The van der Waals surface area contributed by atoms with Gasteiger partial charge in [0.2, 0.25) is 0 Å². The summed E-state index contributed by atoms with van der Waals surface area (Å²) in [5.74, 6) is 2.16. The van der Waals surface area contributed by atoms with Crippen LogP contribution in [0.3, 0.4) is 0 Å². The highest BCUT2D eigenvalue weighted by Crippen LogP contribution is 2.33. The number of fused-ring (bicyclic) bond motifs is 1. The number of nitrogens with zero attached hydrogens (tertiary/aromatic N) is 3. The van der Waals surface area contributed by atoms with Crippen LogP contribution in [0.4, 0.5) is 11.4 Å². The molecule has 0 unspecified atom stereocenters. The van der Waals surface area contributed by atoms with E-state index in [0.29, 0.717) is 11.7 Å². The molecule has 0 radical (unpaired) electrons. The van der Waals surface area contributed by atoms with Crippen LogP contribution in [0.25, 0.3) is 0 Å². The van der Waals surface area contributed by atoms with Crippen LogP contribution in [-0.2, 0) is 0 Å². The van der Waals surface area contributed by atoms with Crippen molar-refractivity contribution in [1.29, 1.82) is 0 Å². The molecule has 1 aliphatic heterocycles. The lowest BCUT2D eigenvalue weighted by molar-refractivity contribution is 0.415. The van der Waals surface area contributed by atoms with E-state index in [1.165, 1.54) is 0 Å². The Hall–Kier alpha value is -2.99. The molecule has 3 aromatic rings. The molecule has 5 nitrogen and oxygen atoms in total. The summed E-state index contributed by atoms with van der Waals surface area (Å²) < 4.78 is 5.32. The number of anilines is 1. The van der Waals surface area contributed by atoms with Crippen LogP contribution in [-0.4, -0.2) is 23.8 Å². The minimum atomic E-state index is 0.681. The number of methoxy groups -OCH3 is 1. The Morgan fingerprint density at radius 3 is 2.79 bits per heavy atom. The fourth-order valence-electron chi connectivity index (χ4n) is 2.40. The van der Waals surface area contributed by atoms with Crippen molar-refractivity contribution >= 4 is 34.4 Å². The average Bonchev–Trinajstić information content (AvgIpc) is 3.10. The molecule has 118 valence electrons. The predicted molar refractivity (Wildman–Crippen MR) is 97.9 cm³/mol. The maximum Gasteiger partial charge on any atom is 0.172 e. The number of aliphatic imine (C=N–C) groups is 2. The molecule has 1 N–H and O–H groups in total. The summed E-state index contributed by atoms with van der Waals surface area (Å²) in [6.45, 7) is 0. The lowest BCUT2D eigenvalue weighted by Gasteiger charge is -2.10. The molecule has 0 atom stereocenters. The Kier molecular flexibility index (Phi) is 3.80. The van der Waals surface area contributed by atoms with Gasteiger partial charge in [-0.1, -0.05) is 6.07 Å². The Balaban J connectivity index is 1.88. The van der Waals surface area contributed by atoms with E-state index >= 15 is 0 Å². The van der Waals surface area contributed by atoms with Crippen LogP contribution in [0.2, 0.25) is 0 Å². The third kappa shape index (κ3) is 2.79. The van der Waals surface area contributed by atoms with Crippen molar-refractivity contribution in [2.24, 2.45) is 9.98 Å². The van der Waals surface area contributed by atoms with Gasteiger partial charge in [-0.3, -0.25) is 4.98 Å². The lowest BCUT2D eigenvalue weighted by atomic mass is 10.2. The Labute approximate surface area is 143 Å². The molecule has 0 bridgehead atoms. The Morgan fingerprint density at radius 2 is 2.04 bits per heavy atom. The summed E-state index contributed by atoms with van der Waals surface area (Å²) in [5.41, 5.74) is 2.57. The van der Waals surface area contributed by atoms with Crippen LogP contribution in [0.1, 0.15) is 10.4 Å². The van der Waals surface area contributed by atoms with Gasteiger partial charge in [0, 0.05) is 24.0 Å². The number of thiophene rings is 1. The number of aromatic nitrogens is 1. The van der Waals surface area contributed by atoms with E-state index in [2.05, 4.69) is 10.3 Å². The van der Waals surface area contributed by atoms with Gasteiger partial charge in [-0.25, -0.2) is 9.98 Å². The van der Waals surface area contributed by atoms with Crippen molar-refractivity contribution in [2.75, 3.05) is 12.4 Å². The SMILES string of the molecule is COc1ccc2c(c1)NC(c1cccnc1)=NC(c1cccs1)=N2. The molecule has 0 amide bonds. The second kappa shape index (κ2) is 6.25. The van der Waals surface area contributed by atoms with E-state index in [1.807, 2.05) is 47.8 Å². The standard InChI is InChI=1S/C18H14N4OS/c1-23-13-6-7-14-15(10-13)21-17(12-4-2-8-19-11-12)22-18(20-14)16-5-3-9-24-16/h2-11H,1H3,(H,20,21,22). The van der Waals surface area contributed by atoms with Gasteiger partial charge in [0.15, 0.2) is 5.84 Å². The predicted octanol–water partition coefficient (Wildman–Crippen LogP) is 4.10. The van der Waals surface area contributed by atoms with Crippen LogP contribution < -0.4 is 10.1 Å². The summed E-state index contributed by atoms with van der Waals surface area (Å²) in [4.78, 5) is 14.7. The van der Waals surface area contributed by atoms with E-state index in [1.54, 1.807) is 30.8 Å². The zero-order valence-electron chi connectivity index (χ0n) is 12.9. The number of rotatable bonds is 3. The highest BCUT2D eigenvalue weighted by molar-refractivity contribution is 7.12. The van der Waals surface area contributed by atoms with Gasteiger partial charge < -0.3 is 10.1 Å². The van der Waals surface area contributed by atoms with Crippen molar-refractivity contribution in [3.8, 4) is 5.75 Å². The summed E-state index contributed by atoms with van der Waals surface area (Å²) in [6, 6.07) is 13.6. The van der Waals surface area contributed by atoms with E-state index < -0.39 is 0 Å². The van der Waals surface area contributed by atoms with E-state index in [9.17, 15) is 0 Å². The second-order valence-electron chi connectivity index (χ2n) is 5.12. The van der Waals surface area contributed by atoms with Crippen molar-refractivity contribution < 1.29 is 4.74 Å². The Morgan fingerprint density at radius 1 is 1.08 bits per heavy atom. The number of hydrogen-bond acceptors (Lipinski definition) is 6. The number of ether oxygens (including phenoxy) is 1. The fraction of sp³-hybridized carbons (Fsp3) is 0.0556. The highest BCUT2D eigenvalue weighted by atomic mass is 32.1. The lowest BCUT2D eigenvalue weighted by Crippen LogP contribution is -2.15. The topological polar surface area (TPSA) is 58.9 Å². The molecule has 3 heterocycles. The van der Waals surface area contributed by atoms with Gasteiger partial charge in [-0.15, -0.1) is 11.3 Å². The number of nitrogens with one attached hydrogen (secondary N) is 1. The molecule has 0 saturated carbocycles. The van der Waals surface area contributed by atoms with Gasteiger partial charge in [-0.2, -0.15) is 0 Å².